The minimum atomic E-state index is -0.268. The SMILES string of the molecule is Cc1cc(-c2noc(CCC(=O)NC3CNCCC3C)n2)ccc1F.Cl. The predicted octanol–water partition coefficient (Wildman–Crippen LogP) is 2.65. The van der Waals surface area contributed by atoms with E-state index in [1.165, 1.54) is 6.07 Å². The van der Waals surface area contributed by atoms with Crippen molar-refractivity contribution in [2.75, 3.05) is 13.1 Å². The molecular formula is C18H24ClFN4O2. The molecule has 2 aromatic rings. The third-order valence-corrected chi connectivity index (χ3v) is 4.62. The maximum atomic E-state index is 13.3. The van der Waals surface area contributed by atoms with E-state index in [9.17, 15) is 9.18 Å². The van der Waals surface area contributed by atoms with E-state index in [4.69, 9.17) is 4.52 Å². The molecule has 6 nitrogen and oxygen atoms in total. The van der Waals surface area contributed by atoms with Gasteiger partial charge in [0.2, 0.25) is 17.6 Å². The van der Waals surface area contributed by atoms with Crippen LogP contribution in [0.4, 0.5) is 4.39 Å². The van der Waals surface area contributed by atoms with E-state index in [0.29, 0.717) is 41.6 Å². The number of nitrogens with zero attached hydrogens (tertiary/aromatic N) is 2. The highest BCUT2D eigenvalue weighted by atomic mass is 35.5. The van der Waals surface area contributed by atoms with Gasteiger partial charge in [0.1, 0.15) is 5.82 Å². The van der Waals surface area contributed by atoms with E-state index >= 15 is 0 Å². The standard InChI is InChI=1S/C18H23FN4O2.ClH/c1-11-7-8-20-10-15(11)21-16(24)5-6-17-22-18(23-25-17)13-3-4-14(19)12(2)9-13;/h3-4,9,11,15,20H,5-8,10H2,1-2H3,(H,21,24);1H. The maximum absolute atomic E-state index is 13.3. The van der Waals surface area contributed by atoms with Gasteiger partial charge in [0.05, 0.1) is 0 Å². The molecule has 0 aliphatic carbocycles. The number of aromatic nitrogens is 2. The van der Waals surface area contributed by atoms with E-state index in [0.717, 1.165) is 19.5 Å². The van der Waals surface area contributed by atoms with Gasteiger partial charge in [-0.3, -0.25) is 4.79 Å². The summed E-state index contributed by atoms with van der Waals surface area (Å²) in [6, 6.07) is 4.84. The van der Waals surface area contributed by atoms with Crippen LogP contribution in [0.1, 0.15) is 31.2 Å². The minimum Gasteiger partial charge on any atom is -0.352 e. The summed E-state index contributed by atoms with van der Waals surface area (Å²) >= 11 is 0. The zero-order valence-corrected chi connectivity index (χ0v) is 15.7. The fourth-order valence-corrected chi connectivity index (χ4v) is 2.94. The number of nitrogens with one attached hydrogen (secondary N) is 2. The highest BCUT2D eigenvalue weighted by Crippen LogP contribution is 2.19. The van der Waals surface area contributed by atoms with Crippen molar-refractivity contribution in [3.8, 4) is 11.4 Å². The van der Waals surface area contributed by atoms with Crippen molar-refractivity contribution >= 4 is 18.3 Å². The molecule has 0 saturated carbocycles. The molecule has 1 aliphatic heterocycles. The lowest BCUT2D eigenvalue weighted by molar-refractivity contribution is -0.122. The van der Waals surface area contributed by atoms with Crippen molar-refractivity contribution in [1.29, 1.82) is 0 Å². The lowest BCUT2D eigenvalue weighted by Crippen LogP contribution is -2.50. The fourth-order valence-electron chi connectivity index (χ4n) is 2.94. The first-order chi connectivity index (χ1) is 12.0. The Bertz CT molecular complexity index is 753. The summed E-state index contributed by atoms with van der Waals surface area (Å²) in [7, 11) is 0. The number of hydrogen-bond acceptors (Lipinski definition) is 5. The Balaban J connectivity index is 0.00000243. The first kappa shape index (κ1) is 20.3. The predicted molar refractivity (Wildman–Crippen MR) is 98.6 cm³/mol. The lowest BCUT2D eigenvalue weighted by Gasteiger charge is -2.30. The van der Waals surface area contributed by atoms with Crippen molar-refractivity contribution in [3.63, 3.8) is 0 Å². The van der Waals surface area contributed by atoms with Crippen molar-refractivity contribution in [3.05, 3.63) is 35.5 Å². The van der Waals surface area contributed by atoms with E-state index in [2.05, 4.69) is 27.7 Å². The number of aryl methyl sites for hydroxylation is 2. The summed E-state index contributed by atoms with van der Waals surface area (Å²) in [5.74, 6) is 1.00. The van der Waals surface area contributed by atoms with Crippen LogP contribution in [0, 0.1) is 18.7 Å². The average Bonchev–Trinajstić information content (AvgIpc) is 3.07. The summed E-state index contributed by atoms with van der Waals surface area (Å²) < 4.78 is 18.5. The third-order valence-electron chi connectivity index (χ3n) is 4.62. The van der Waals surface area contributed by atoms with Crippen molar-refractivity contribution in [1.82, 2.24) is 20.8 Å². The zero-order chi connectivity index (χ0) is 17.8. The molecule has 1 fully saturated rings. The molecule has 0 spiro atoms. The van der Waals surface area contributed by atoms with Gasteiger partial charge in [0.25, 0.3) is 0 Å². The molecule has 1 aromatic carbocycles. The second kappa shape index (κ2) is 9.09. The minimum absolute atomic E-state index is 0. The summed E-state index contributed by atoms with van der Waals surface area (Å²) in [5.41, 5.74) is 1.22. The highest BCUT2D eigenvalue weighted by Gasteiger charge is 2.22. The molecule has 1 saturated heterocycles. The normalized spacial score (nSPS) is 19.7. The van der Waals surface area contributed by atoms with Gasteiger partial charge in [0.15, 0.2) is 0 Å². The van der Waals surface area contributed by atoms with Crippen LogP contribution in [0.25, 0.3) is 11.4 Å². The molecular weight excluding hydrogens is 359 g/mol. The summed E-state index contributed by atoms with van der Waals surface area (Å²) in [6.07, 6.45) is 1.75. The molecule has 142 valence electrons. The first-order valence-corrected chi connectivity index (χ1v) is 8.62. The molecule has 2 unspecified atom stereocenters. The Morgan fingerprint density at radius 3 is 3.00 bits per heavy atom. The second-order valence-corrected chi connectivity index (χ2v) is 6.62. The van der Waals surface area contributed by atoms with E-state index in [-0.39, 0.29) is 30.2 Å². The van der Waals surface area contributed by atoms with Crippen molar-refractivity contribution < 1.29 is 13.7 Å². The Hall–Kier alpha value is -1.99. The van der Waals surface area contributed by atoms with Gasteiger partial charge >= 0.3 is 0 Å². The van der Waals surface area contributed by atoms with Gasteiger partial charge in [-0.05, 0) is 49.6 Å². The topological polar surface area (TPSA) is 80.0 Å². The summed E-state index contributed by atoms with van der Waals surface area (Å²) in [6.45, 7) is 5.65. The van der Waals surface area contributed by atoms with Gasteiger partial charge in [-0.2, -0.15) is 4.98 Å². The maximum Gasteiger partial charge on any atom is 0.227 e. The van der Waals surface area contributed by atoms with Crippen molar-refractivity contribution in [2.45, 2.75) is 39.2 Å². The third kappa shape index (κ3) is 5.02. The quantitative estimate of drug-likeness (QED) is 0.831. The second-order valence-electron chi connectivity index (χ2n) is 6.62. The molecule has 1 aliphatic rings. The van der Waals surface area contributed by atoms with Gasteiger partial charge in [-0.15, -0.1) is 12.4 Å². The average molecular weight is 383 g/mol. The largest absolute Gasteiger partial charge is 0.352 e. The summed E-state index contributed by atoms with van der Waals surface area (Å²) in [5, 5.41) is 10.3. The smallest absolute Gasteiger partial charge is 0.227 e. The fraction of sp³-hybridized carbons (Fsp3) is 0.500. The zero-order valence-electron chi connectivity index (χ0n) is 14.9. The molecule has 3 rings (SSSR count). The Kier molecular flexibility index (Phi) is 7.11. The Morgan fingerprint density at radius 2 is 2.27 bits per heavy atom. The van der Waals surface area contributed by atoms with Crippen LogP contribution in [-0.2, 0) is 11.2 Å². The number of amides is 1. The molecule has 2 N–H and O–H groups in total. The first-order valence-electron chi connectivity index (χ1n) is 8.62. The molecule has 0 bridgehead atoms. The Morgan fingerprint density at radius 1 is 1.46 bits per heavy atom. The number of rotatable bonds is 5. The molecule has 2 atom stereocenters. The van der Waals surface area contributed by atoms with Gasteiger partial charge in [0, 0.05) is 31.0 Å². The number of benzene rings is 1. The van der Waals surface area contributed by atoms with E-state index in [1.54, 1.807) is 19.1 Å². The van der Waals surface area contributed by atoms with Crippen LogP contribution in [0.15, 0.2) is 22.7 Å². The molecule has 8 heteroatoms. The molecule has 26 heavy (non-hydrogen) atoms. The van der Waals surface area contributed by atoms with Crippen LogP contribution in [0.5, 0.6) is 0 Å². The van der Waals surface area contributed by atoms with Gasteiger partial charge < -0.3 is 15.2 Å². The number of carbonyl (C=O) groups excluding carboxylic acids is 1. The van der Waals surface area contributed by atoms with Gasteiger partial charge in [-0.25, -0.2) is 4.39 Å². The highest BCUT2D eigenvalue weighted by molar-refractivity contribution is 5.85. The van der Waals surface area contributed by atoms with E-state index in [1.807, 2.05) is 0 Å². The molecule has 2 heterocycles. The number of piperidine rings is 1. The van der Waals surface area contributed by atoms with E-state index < -0.39 is 0 Å². The molecule has 1 aromatic heterocycles. The lowest BCUT2D eigenvalue weighted by atomic mass is 9.95. The Labute approximate surface area is 158 Å². The monoisotopic (exact) mass is 382 g/mol. The van der Waals surface area contributed by atoms with Gasteiger partial charge in [-0.1, -0.05) is 12.1 Å². The molecule has 1 amide bonds. The molecule has 0 radical (unpaired) electrons. The number of halogens is 2. The summed E-state index contributed by atoms with van der Waals surface area (Å²) in [4.78, 5) is 16.4. The van der Waals surface area contributed by atoms with Crippen LogP contribution < -0.4 is 10.6 Å². The van der Waals surface area contributed by atoms with Crippen molar-refractivity contribution in [2.24, 2.45) is 5.92 Å². The number of carbonyl (C=O) groups is 1. The number of hydrogen-bond donors (Lipinski definition) is 2. The van der Waals surface area contributed by atoms with Crippen LogP contribution in [0.2, 0.25) is 0 Å². The van der Waals surface area contributed by atoms with Crippen LogP contribution in [0.3, 0.4) is 0 Å². The van der Waals surface area contributed by atoms with Crippen LogP contribution in [-0.4, -0.2) is 35.2 Å². The van der Waals surface area contributed by atoms with Crippen LogP contribution >= 0.6 is 12.4 Å².